The van der Waals surface area contributed by atoms with Gasteiger partial charge in [0.2, 0.25) is 5.91 Å². The van der Waals surface area contributed by atoms with Crippen LogP contribution in [-0.4, -0.2) is 23.9 Å². The summed E-state index contributed by atoms with van der Waals surface area (Å²) in [5, 5.41) is 0. The second-order valence-corrected chi connectivity index (χ2v) is 5.36. The summed E-state index contributed by atoms with van der Waals surface area (Å²) in [6.45, 7) is 4.19. The lowest BCUT2D eigenvalue weighted by atomic mass is 9.88. The third-order valence-electron chi connectivity index (χ3n) is 3.68. The molecule has 0 radical (unpaired) electrons. The lowest BCUT2D eigenvalue weighted by Crippen LogP contribution is -2.44. The molecular formula is C16H21NO. The lowest BCUT2D eigenvalue weighted by Gasteiger charge is -2.34. The van der Waals surface area contributed by atoms with E-state index in [1.807, 2.05) is 30.1 Å². The highest BCUT2D eigenvalue weighted by atomic mass is 16.2. The molecule has 1 aromatic rings. The Labute approximate surface area is 109 Å². The number of amides is 1. The predicted octanol–water partition coefficient (Wildman–Crippen LogP) is 2.90. The molecular weight excluding hydrogens is 222 g/mol. The number of likely N-dealkylation sites (N-methyl/N-ethyl adjacent to an activating group) is 1. The van der Waals surface area contributed by atoms with E-state index >= 15 is 0 Å². The molecule has 0 saturated carbocycles. The summed E-state index contributed by atoms with van der Waals surface area (Å²) in [6.07, 6.45) is 5.16. The van der Waals surface area contributed by atoms with Gasteiger partial charge in [-0.1, -0.05) is 56.3 Å². The largest absolute Gasteiger partial charge is 0.338 e. The topological polar surface area (TPSA) is 20.3 Å². The molecule has 18 heavy (non-hydrogen) atoms. The first-order valence-electron chi connectivity index (χ1n) is 6.58. The van der Waals surface area contributed by atoms with E-state index in [1.165, 1.54) is 5.56 Å². The Morgan fingerprint density at radius 2 is 1.83 bits per heavy atom. The van der Waals surface area contributed by atoms with Gasteiger partial charge in [-0.3, -0.25) is 4.79 Å². The lowest BCUT2D eigenvalue weighted by molar-refractivity contribution is -0.136. The van der Waals surface area contributed by atoms with Crippen molar-refractivity contribution in [3.8, 4) is 0 Å². The molecule has 1 amide bonds. The zero-order chi connectivity index (χ0) is 13.1. The van der Waals surface area contributed by atoms with Crippen molar-refractivity contribution in [3.05, 3.63) is 48.0 Å². The fourth-order valence-corrected chi connectivity index (χ4v) is 2.43. The van der Waals surface area contributed by atoms with Gasteiger partial charge in [-0.2, -0.15) is 0 Å². The van der Waals surface area contributed by atoms with Crippen molar-refractivity contribution >= 4 is 5.91 Å². The average Bonchev–Trinajstić information content (AvgIpc) is 2.36. The summed E-state index contributed by atoms with van der Waals surface area (Å²) in [5.74, 6) is 0.657. The summed E-state index contributed by atoms with van der Waals surface area (Å²) in [7, 11) is 1.91. The van der Waals surface area contributed by atoms with E-state index in [2.05, 4.69) is 38.1 Å². The number of benzene rings is 1. The average molecular weight is 243 g/mol. The minimum absolute atomic E-state index is 0.0435. The second-order valence-electron chi connectivity index (χ2n) is 5.36. The fourth-order valence-electron chi connectivity index (χ4n) is 2.43. The molecule has 2 atom stereocenters. The van der Waals surface area contributed by atoms with Gasteiger partial charge in [0.05, 0.1) is 12.0 Å². The van der Waals surface area contributed by atoms with Crippen molar-refractivity contribution < 1.29 is 4.79 Å². The van der Waals surface area contributed by atoms with Crippen molar-refractivity contribution in [2.24, 2.45) is 11.8 Å². The minimum atomic E-state index is 0.0435. The molecule has 1 aromatic carbocycles. The third kappa shape index (κ3) is 2.63. The van der Waals surface area contributed by atoms with Crippen LogP contribution in [0, 0.1) is 11.8 Å². The van der Waals surface area contributed by atoms with E-state index in [0.717, 1.165) is 6.42 Å². The highest BCUT2D eigenvalue weighted by Gasteiger charge is 2.30. The SMILES string of the molecule is CC(C)[C@@H]1C=C[C@H](Cc2ccccc2)N(C)C1=O. The first-order chi connectivity index (χ1) is 8.59. The molecule has 0 bridgehead atoms. The summed E-state index contributed by atoms with van der Waals surface area (Å²) in [6, 6.07) is 10.5. The molecule has 2 rings (SSSR count). The first kappa shape index (κ1) is 12.9. The Morgan fingerprint density at radius 3 is 2.44 bits per heavy atom. The molecule has 1 heterocycles. The number of nitrogens with zero attached hydrogens (tertiary/aromatic N) is 1. The zero-order valence-corrected chi connectivity index (χ0v) is 11.3. The van der Waals surface area contributed by atoms with Crippen LogP contribution in [0.1, 0.15) is 19.4 Å². The molecule has 1 aliphatic heterocycles. The van der Waals surface area contributed by atoms with Crippen LogP contribution in [0.3, 0.4) is 0 Å². The molecule has 0 aliphatic carbocycles. The van der Waals surface area contributed by atoms with Gasteiger partial charge in [0.15, 0.2) is 0 Å². The van der Waals surface area contributed by atoms with Crippen LogP contribution in [0.25, 0.3) is 0 Å². The van der Waals surface area contributed by atoms with Gasteiger partial charge in [-0.25, -0.2) is 0 Å². The number of carbonyl (C=O) groups is 1. The van der Waals surface area contributed by atoms with Crippen molar-refractivity contribution in [1.29, 1.82) is 0 Å². The molecule has 2 nitrogen and oxygen atoms in total. The van der Waals surface area contributed by atoms with Crippen molar-refractivity contribution in [2.45, 2.75) is 26.3 Å². The van der Waals surface area contributed by atoms with Gasteiger partial charge < -0.3 is 4.90 Å². The first-order valence-corrected chi connectivity index (χ1v) is 6.58. The molecule has 96 valence electrons. The monoisotopic (exact) mass is 243 g/mol. The molecule has 0 fully saturated rings. The molecule has 2 heteroatoms. The normalized spacial score (nSPS) is 23.8. The van der Waals surface area contributed by atoms with E-state index in [1.54, 1.807) is 0 Å². The second kappa shape index (κ2) is 5.38. The van der Waals surface area contributed by atoms with Gasteiger partial charge in [0, 0.05) is 7.05 Å². The maximum Gasteiger partial charge on any atom is 0.229 e. The fraction of sp³-hybridized carbons (Fsp3) is 0.438. The highest BCUT2D eigenvalue weighted by molar-refractivity contribution is 5.82. The van der Waals surface area contributed by atoms with Crippen LogP contribution in [0.4, 0.5) is 0 Å². The smallest absolute Gasteiger partial charge is 0.229 e. The zero-order valence-electron chi connectivity index (χ0n) is 11.3. The van der Waals surface area contributed by atoms with Gasteiger partial charge in [0.1, 0.15) is 0 Å². The maximum absolute atomic E-state index is 12.2. The Bertz CT molecular complexity index is 436. The molecule has 0 unspecified atom stereocenters. The predicted molar refractivity (Wildman–Crippen MR) is 74.2 cm³/mol. The Hall–Kier alpha value is -1.57. The molecule has 0 spiro atoms. The number of hydrogen-bond donors (Lipinski definition) is 0. The van der Waals surface area contributed by atoms with Gasteiger partial charge in [0.25, 0.3) is 0 Å². The Balaban J connectivity index is 2.12. The summed E-state index contributed by atoms with van der Waals surface area (Å²) in [5.41, 5.74) is 1.27. The minimum Gasteiger partial charge on any atom is -0.338 e. The van der Waals surface area contributed by atoms with Crippen LogP contribution >= 0.6 is 0 Å². The van der Waals surface area contributed by atoms with E-state index in [9.17, 15) is 4.79 Å². The maximum atomic E-state index is 12.2. The van der Waals surface area contributed by atoms with Gasteiger partial charge in [-0.05, 0) is 17.9 Å². The molecule has 1 aliphatic rings. The Kier molecular flexibility index (Phi) is 3.85. The Morgan fingerprint density at radius 1 is 1.17 bits per heavy atom. The van der Waals surface area contributed by atoms with Crippen molar-refractivity contribution in [1.82, 2.24) is 4.90 Å². The van der Waals surface area contributed by atoms with Gasteiger partial charge >= 0.3 is 0 Å². The third-order valence-corrected chi connectivity index (χ3v) is 3.68. The van der Waals surface area contributed by atoms with E-state index in [4.69, 9.17) is 0 Å². The quantitative estimate of drug-likeness (QED) is 0.747. The molecule has 0 saturated heterocycles. The van der Waals surface area contributed by atoms with Crippen molar-refractivity contribution in [3.63, 3.8) is 0 Å². The number of hydrogen-bond acceptors (Lipinski definition) is 1. The van der Waals surface area contributed by atoms with Crippen LogP contribution < -0.4 is 0 Å². The van der Waals surface area contributed by atoms with Gasteiger partial charge in [-0.15, -0.1) is 0 Å². The van der Waals surface area contributed by atoms with Crippen LogP contribution in [0.15, 0.2) is 42.5 Å². The van der Waals surface area contributed by atoms with Crippen molar-refractivity contribution in [2.75, 3.05) is 7.05 Å². The highest BCUT2D eigenvalue weighted by Crippen LogP contribution is 2.23. The summed E-state index contributed by atoms with van der Waals surface area (Å²) < 4.78 is 0. The summed E-state index contributed by atoms with van der Waals surface area (Å²) in [4.78, 5) is 14.1. The van der Waals surface area contributed by atoms with Crippen LogP contribution in [-0.2, 0) is 11.2 Å². The number of carbonyl (C=O) groups excluding carboxylic acids is 1. The summed E-state index contributed by atoms with van der Waals surface area (Å²) >= 11 is 0. The van der Waals surface area contributed by atoms with Crippen LogP contribution in [0.5, 0.6) is 0 Å². The number of rotatable bonds is 3. The van der Waals surface area contributed by atoms with Crippen LogP contribution in [0.2, 0.25) is 0 Å². The van der Waals surface area contributed by atoms with E-state index in [0.29, 0.717) is 5.92 Å². The standard InChI is InChI=1S/C16H21NO/c1-12(2)15-10-9-14(17(3)16(15)18)11-13-7-5-4-6-8-13/h4-10,12,14-15H,11H2,1-3H3/t14-,15+/m1/s1. The van der Waals surface area contributed by atoms with E-state index in [-0.39, 0.29) is 17.9 Å². The molecule has 0 N–H and O–H groups in total. The van der Waals surface area contributed by atoms with E-state index < -0.39 is 0 Å². The molecule has 0 aromatic heterocycles.